The Morgan fingerprint density at radius 3 is 2.50 bits per heavy atom. The van der Waals surface area contributed by atoms with Crippen LogP contribution in [-0.2, 0) is 16.8 Å². The van der Waals surface area contributed by atoms with Gasteiger partial charge < -0.3 is 5.73 Å². The number of fused-ring (bicyclic) bond motifs is 3. The molecule has 1 aliphatic heterocycles. The van der Waals surface area contributed by atoms with Crippen LogP contribution in [0.3, 0.4) is 0 Å². The number of carbonyl (C=O) groups is 1. The topological polar surface area (TPSA) is 58.7 Å². The highest BCUT2D eigenvalue weighted by Gasteiger charge is 2.67. The van der Waals surface area contributed by atoms with Gasteiger partial charge in [-0.25, -0.2) is 13.8 Å². The molecular weight excluding hydrogens is 380 g/mol. The van der Waals surface area contributed by atoms with Gasteiger partial charge >= 0.3 is 0 Å². The molecule has 1 atom stereocenters. The van der Waals surface area contributed by atoms with Gasteiger partial charge in [0.2, 0.25) is 5.92 Å². The zero-order chi connectivity index (χ0) is 17.3. The van der Waals surface area contributed by atoms with Crippen molar-refractivity contribution in [3.05, 3.63) is 33.8 Å². The second-order valence-corrected chi connectivity index (χ2v) is 8.07. The minimum Gasteiger partial charge on any atom is -0.369 e. The Bertz CT molecular complexity index is 769. The van der Waals surface area contributed by atoms with Gasteiger partial charge in [0.1, 0.15) is 0 Å². The molecule has 0 saturated heterocycles. The molecule has 2 spiro atoms. The molecule has 0 aromatic heterocycles. The second kappa shape index (κ2) is 4.77. The molecule has 1 unspecified atom stereocenters. The van der Waals surface area contributed by atoms with Gasteiger partial charge in [0.05, 0.1) is 0 Å². The Morgan fingerprint density at radius 2 is 1.92 bits per heavy atom. The van der Waals surface area contributed by atoms with Crippen molar-refractivity contribution >= 4 is 27.8 Å². The molecule has 4 rings (SSSR count). The third kappa shape index (κ3) is 1.87. The molecule has 4 nitrogen and oxygen atoms in total. The van der Waals surface area contributed by atoms with Crippen LogP contribution >= 0.6 is 15.9 Å². The lowest BCUT2D eigenvalue weighted by atomic mass is 9.61. The van der Waals surface area contributed by atoms with Gasteiger partial charge in [-0.3, -0.25) is 9.69 Å². The standard InChI is InChI=1S/C17H18BrF2N3O/c1-23-13(24)17(22-14(23)21)12-8-11(18)3-2-10(12)9-15(17)4-6-16(19,20)7-5-15/h2-3,8H,4-7,9H2,1H3,(H2,21,22). The summed E-state index contributed by atoms with van der Waals surface area (Å²) in [6.07, 6.45) is 0.694. The van der Waals surface area contributed by atoms with E-state index in [-0.39, 0.29) is 37.6 Å². The molecule has 2 aliphatic carbocycles. The first-order chi connectivity index (χ1) is 11.2. The maximum absolute atomic E-state index is 13.8. The Labute approximate surface area is 147 Å². The molecule has 2 N–H and O–H groups in total. The summed E-state index contributed by atoms with van der Waals surface area (Å²) in [5.41, 5.74) is 5.98. The van der Waals surface area contributed by atoms with E-state index < -0.39 is 16.9 Å². The summed E-state index contributed by atoms with van der Waals surface area (Å²) in [5, 5.41) is 0. The number of rotatable bonds is 0. The Kier molecular flexibility index (Phi) is 3.18. The summed E-state index contributed by atoms with van der Waals surface area (Å²) < 4.78 is 28.4. The van der Waals surface area contributed by atoms with Crippen molar-refractivity contribution < 1.29 is 13.6 Å². The van der Waals surface area contributed by atoms with Crippen molar-refractivity contribution in [1.29, 1.82) is 0 Å². The van der Waals surface area contributed by atoms with Crippen LogP contribution in [0, 0.1) is 5.41 Å². The smallest absolute Gasteiger partial charge is 0.262 e. The van der Waals surface area contributed by atoms with Gasteiger partial charge in [-0.2, -0.15) is 0 Å². The molecule has 1 fully saturated rings. The van der Waals surface area contributed by atoms with Crippen LogP contribution in [0.15, 0.2) is 27.7 Å². The second-order valence-electron chi connectivity index (χ2n) is 7.16. The number of aliphatic imine (C=N–C) groups is 1. The number of nitrogens with zero attached hydrogens (tertiary/aromatic N) is 2. The predicted molar refractivity (Wildman–Crippen MR) is 89.8 cm³/mol. The highest BCUT2D eigenvalue weighted by atomic mass is 79.9. The maximum Gasteiger partial charge on any atom is 0.262 e. The molecule has 1 aromatic rings. The summed E-state index contributed by atoms with van der Waals surface area (Å²) in [7, 11) is 1.59. The van der Waals surface area contributed by atoms with E-state index in [1.807, 2.05) is 18.2 Å². The number of hydrogen-bond acceptors (Lipinski definition) is 3. The summed E-state index contributed by atoms with van der Waals surface area (Å²) in [4.78, 5) is 19.1. The van der Waals surface area contributed by atoms with E-state index in [9.17, 15) is 13.6 Å². The van der Waals surface area contributed by atoms with Crippen LogP contribution in [0.4, 0.5) is 8.78 Å². The quantitative estimate of drug-likeness (QED) is 0.730. The van der Waals surface area contributed by atoms with E-state index in [0.717, 1.165) is 15.6 Å². The van der Waals surface area contributed by atoms with Crippen molar-refractivity contribution in [2.45, 2.75) is 43.6 Å². The molecule has 128 valence electrons. The van der Waals surface area contributed by atoms with Crippen molar-refractivity contribution in [2.75, 3.05) is 7.05 Å². The van der Waals surface area contributed by atoms with Crippen LogP contribution in [0.2, 0.25) is 0 Å². The normalized spacial score (nSPS) is 30.1. The lowest BCUT2D eigenvalue weighted by molar-refractivity contribution is -0.140. The van der Waals surface area contributed by atoms with Crippen LogP contribution in [0.1, 0.15) is 36.8 Å². The highest BCUT2D eigenvalue weighted by Crippen LogP contribution is 2.63. The number of hydrogen-bond donors (Lipinski definition) is 1. The molecule has 24 heavy (non-hydrogen) atoms. The average Bonchev–Trinajstić information content (AvgIpc) is 2.92. The predicted octanol–water partition coefficient (Wildman–Crippen LogP) is 3.18. The largest absolute Gasteiger partial charge is 0.369 e. The van der Waals surface area contributed by atoms with E-state index in [1.165, 1.54) is 4.90 Å². The summed E-state index contributed by atoms with van der Waals surface area (Å²) in [6, 6.07) is 5.77. The number of guanidine groups is 1. The highest BCUT2D eigenvalue weighted by molar-refractivity contribution is 9.10. The molecule has 0 radical (unpaired) electrons. The Morgan fingerprint density at radius 1 is 1.25 bits per heavy atom. The lowest BCUT2D eigenvalue weighted by Gasteiger charge is -2.45. The Hall–Kier alpha value is -1.50. The van der Waals surface area contributed by atoms with Gasteiger partial charge in [0.25, 0.3) is 5.91 Å². The molecule has 3 aliphatic rings. The number of benzene rings is 1. The first-order valence-electron chi connectivity index (χ1n) is 8.01. The van der Waals surface area contributed by atoms with Crippen molar-refractivity contribution in [2.24, 2.45) is 16.1 Å². The molecule has 7 heteroatoms. The fraction of sp³-hybridized carbons (Fsp3) is 0.529. The minimum absolute atomic E-state index is 0.157. The molecule has 1 heterocycles. The van der Waals surface area contributed by atoms with Crippen LogP contribution in [0.5, 0.6) is 0 Å². The number of nitrogens with two attached hydrogens (primary N) is 1. The first-order valence-corrected chi connectivity index (χ1v) is 8.80. The average molecular weight is 398 g/mol. The maximum atomic E-state index is 13.8. The summed E-state index contributed by atoms with van der Waals surface area (Å²) in [6.45, 7) is 0. The molecular formula is C17H18BrF2N3O. The van der Waals surface area contributed by atoms with Crippen LogP contribution in [-0.4, -0.2) is 29.7 Å². The third-order valence-electron chi connectivity index (χ3n) is 5.94. The van der Waals surface area contributed by atoms with Gasteiger partial charge in [-0.1, -0.05) is 22.0 Å². The van der Waals surface area contributed by atoms with E-state index >= 15 is 0 Å². The first kappa shape index (κ1) is 16.0. The summed E-state index contributed by atoms with van der Waals surface area (Å²) in [5.74, 6) is -2.71. The fourth-order valence-corrected chi connectivity index (χ4v) is 4.97. The zero-order valence-corrected chi connectivity index (χ0v) is 14.9. The zero-order valence-electron chi connectivity index (χ0n) is 13.3. The van der Waals surface area contributed by atoms with E-state index in [0.29, 0.717) is 6.42 Å². The van der Waals surface area contributed by atoms with E-state index in [4.69, 9.17) is 5.73 Å². The molecule has 1 saturated carbocycles. The SMILES string of the molecule is CN1C(=O)C2(N=C1N)c1cc(Br)ccc1CC21CCC(F)(F)CC1. The third-order valence-corrected chi connectivity index (χ3v) is 6.43. The molecule has 1 aromatic carbocycles. The van der Waals surface area contributed by atoms with Gasteiger partial charge in [-0.15, -0.1) is 0 Å². The van der Waals surface area contributed by atoms with E-state index in [1.54, 1.807) is 7.05 Å². The van der Waals surface area contributed by atoms with Crippen molar-refractivity contribution in [3.63, 3.8) is 0 Å². The van der Waals surface area contributed by atoms with Crippen molar-refractivity contribution in [1.82, 2.24) is 4.90 Å². The number of likely N-dealkylation sites (N-methyl/N-ethyl adjacent to an activating group) is 1. The van der Waals surface area contributed by atoms with Gasteiger partial charge in [0, 0.05) is 29.8 Å². The van der Waals surface area contributed by atoms with Gasteiger partial charge in [0.15, 0.2) is 11.5 Å². The number of alkyl halides is 2. The fourth-order valence-electron chi connectivity index (χ4n) is 4.61. The number of amides is 1. The van der Waals surface area contributed by atoms with Crippen LogP contribution < -0.4 is 5.73 Å². The van der Waals surface area contributed by atoms with Crippen molar-refractivity contribution in [3.8, 4) is 0 Å². The lowest BCUT2D eigenvalue weighted by Crippen LogP contribution is -2.51. The van der Waals surface area contributed by atoms with Gasteiger partial charge in [-0.05, 0) is 42.5 Å². The monoisotopic (exact) mass is 397 g/mol. The Balaban J connectivity index is 1.92. The summed E-state index contributed by atoms with van der Waals surface area (Å²) >= 11 is 3.45. The molecule has 0 bridgehead atoms. The number of carbonyl (C=O) groups excluding carboxylic acids is 1. The minimum atomic E-state index is -2.66. The number of halogens is 3. The molecule has 1 amide bonds. The van der Waals surface area contributed by atoms with Crippen LogP contribution in [0.25, 0.3) is 0 Å². The van der Waals surface area contributed by atoms with E-state index in [2.05, 4.69) is 20.9 Å².